The summed E-state index contributed by atoms with van der Waals surface area (Å²) in [7, 11) is 0. The lowest BCUT2D eigenvalue weighted by Gasteiger charge is -2.07. The summed E-state index contributed by atoms with van der Waals surface area (Å²) in [4.78, 5) is 11.9. The van der Waals surface area contributed by atoms with Crippen LogP contribution in [-0.4, -0.2) is 12.5 Å². The maximum Gasteiger partial charge on any atom is 0.254 e. The van der Waals surface area contributed by atoms with Gasteiger partial charge in [-0.3, -0.25) is 4.79 Å². The Hall–Kier alpha value is -2.16. The van der Waals surface area contributed by atoms with Gasteiger partial charge in [0.25, 0.3) is 5.91 Å². The van der Waals surface area contributed by atoms with Gasteiger partial charge in [-0.25, -0.2) is 4.39 Å². The van der Waals surface area contributed by atoms with Gasteiger partial charge in [0.05, 0.1) is 5.56 Å². The van der Waals surface area contributed by atoms with E-state index in [9.17, 15) is 9.18 Å². The zero-order chi connectivity index (χ0) is 13.7. The van der Waals surface area contributed by atoms with Gasteiger partial charge in [0.1, 0.15) is 5.82 Å². The first-order chi connectivity index (χ1) is 9.22. The fraction of sp³-hybridized carbons (Fsp3) is 0.188. The number of hydrogen-bond acceptors (Lipinski definition) is 1. The summed E-state index contributed by atoms with van der Waals surface area (Å²) in [6.07, 6.45) is 0.825. The summed E-state index contributed by atoms with van der Waals surface area (Å²) in [6, 6.07) is 14.2. The molecule has 0 heterocycles. The van der Waals surface area contributed by atoms with E-state index in [1.54, 1.807) is 12.1 Å². The van der Waals surface area contributed by atoms with Gasteiger partial charge in [0.15, 0.2) is 0 Å². The van der Waals surface area contributed by atoms with Gasteiger partial charge in [-0.15, -0.1) is 0 Å². The van der Waals surface area contributed by atoms with E-state index in [1.165, 1.54) is 6.07 Å². The molecule has 2 aromatic carbocycles. The highest BCUT2D eigenvalue weighted by Gasteiger charge is 2.12. The Labute approximate surface area is 112 Å². The Bertz CT molecular complexity index is 566. The molecule has 19 heavy (non-hydrogen) atoms. The van der Waals surface area contributed by atoms with Crippen molar-refractivity contribution in [3.63, 3.8) is 0 Å². The van der Waals surface area contributed by atoms with Gasteiger partial charge >= 0.3 is 0 Å². The number of rotatable bonds is 4. The second-order valence-electron chi connectivity index (χ2n) is 4.32. The molecule has 0 aliphatic rings. The standard InChI is InChI=1S/C16H16FNO/c1-2-10-18-16(19)14-11-13(8-9-15(14)17)12-6-4-3-5-7-12/h3-9,11H,2,10H2,1H3,(H,18,19). The van der Waals surface area contributed by atoms with Crippen molar-refractivity contribution in [3.05, 3.63) is 59.9 Å². The van der Waals surface area contributed by atoms with Gasteiger partial charge in [0, 0.05) is 6.54 Å². The number of benzene rings is 2. The van der Waals surface area contributed by atoms with Crippen LogP contribution in [-0.2, 0) is 0 Å². The summed E-state index contributed by atoms with van der Waals surface area (Å²) in [5, 5.41) is 2.69. The topological polar surface area (TPSA) is 29.1 Å². The minimum atomic E-state index is -0.492. The Kier molecular flexibility index (Phi) is 4.29. The average Bonchev–Trinajstić information content (AvgIpc) is 2.46. The van der Waals surface area contributed by atoms with Gasteiger partial charge in [-0.05, 0) is 29.7 Å². The first-order valence-corrected chi connectivity index (χ1v) is 6.35. The molecular weight excluding hydrogens is 241 g/mol. The normalized spacial score (nSPS) is 10.2. The molecule has 2 aromatic rings. The second kappa shape index (κ2) is 6.14. The van der Waals surface area contributed by atoms with Crippen LogP contribution in [0.2, 0.25) is 0 Å². The molecule has 1 N–H and O–H groups in total. The molecule has 0 fully saturated rings. The third kappa shape index (κ3) is 3.19. The molecule has 0 atom stereocenters. The molecule has 1 amide bonds. The van der Waals surface area contributed by atoms with Crippen LogP contribution in [0.15, 0.2) is 48.5 Å². The number of nitrogens with one attached hydrogen (secondary N) is 1. The molecule has 0 aliphatic heterocycles. The summed E-state index contributed by atoms with van der Waals surface area (Å²) in [6.45, 7) is 2.50. The number of hydrogen-bond donors (Lipinski definition) is 1. The van der Waals surface area contributed by atoms with Crippen LogP contribution in [0.3, 0.4) is 0 Å². The molecule has 0 unspecified atom stereocenters. The lowest BCUT2D eigenvalue weighted by atomic mass is 10.0. The van der Waals surface area contributed by atoms with E-state index in [4.69, 9.17) is 0 Å². The van der Waals surface area contributed by atoms with Gasteiger partial charge < -0.3 is 5.32 Å². The van der Waals surface area contributed by atoms with Crippen LogP contribution in [0.5, 0.6) is 0 Å². The van der Waals surface area contributed by atoms with Gasteiger partial charge in [-0.2, -0.15) is 0 Å². The van der Waals surface area contributed by atoms with Crippen molar-refractivity contribution in [2.45, 2.75) is 13.3 Å². The zero-order valence-electron chi connectivity index (χ0n) is 10.8. The first kappa shape index (κ1) is 13.3. The highest BCUT2D eigenvalue weighted by molar-refractivity contribution is 5.95. The monoisotopic (exact) mass is 257 g/mol. The fourth-order valence-corrected chi connectivity index (χ4v) is 1.84. The van der Waals surface area contributed by atoms with Crippen molar-refractivity contribution in [1.29, 1.82) is 0 Å². The van der Waals surface area contributed by atoms with Crippen LogP contribution in [0.4, 0.5) is 4.39 Å². The second-order valence-corrected chi connectivity index (χ2v) is 4.32. The Morgan fingerprint density at radius 1 is 1.11 bits per heavy atom. The molecule has 0 saturated carbocycles. The van der Waals surface area contributed by atoms with Crippen LogP contribution < -0.4 is 5.32 Å². The van der Waals surface area contributed by atoms with Crippen LogP contribution in [0.1, 0.15) is 23.7 Å². The quantitative estimate of drug-likeness (QED) is 0.890. The van der Waals surface area contributed by atoms with Gasteiger partial charge in [0.2, 0.25) is 0 Å². The maximum absolute atomic E-state index is 13.7. The third-order valence-electron chi connectivity index (χ3n) is 2.85. The Balaban J connectivity index is 2.32. The number of carbonyl (C=O) groups excluding carboxylic acids is 1. The van der Waals surface area contributed by atoms with Crippen LogP contribution >= 0.6 is 0 Å². The van der Waals surface area contributed by atoms with Crippen molar-refractivity contribution in [3.8, 4) is 11.1 Å². The fourth-order valence-electron chi connectivity index (χ4n) is 1.84. The predicted molar refractivity (Wildman–Crippen MR) is 74.5 cm³/mol. The first-order valence-electron chi connectivity index (χ1n) is 6.35. The number of carbonyl (C=O) groups is 1. The highest BCUT2D eigenvalue weighted by Crippen LogP contribution is 2.21. The Morgan fingerprint density at radius 3 is 2.53 bits per heavy atom. The lowest BCUT2D eigenvalue weighted by Crippen LogP contribution is -2.25. The molecule has 2 nitrogen and oxygen atoms in total. The Morgan fingerprint density at radius 2 is 1.84 bits per heavy atom. The molecule has 0 saturated heterocycles. The molecule has 98 valence electrons. The van der Waals surface area contributed by atoms with E-state index >= 15 is 0 Å². The SMILES string of the molecule is CCCNC(=O)c1cc(-c2ccccc2)ccc1F. The average molecular weight is 257 g/mol. The van der Waals surface area contributed by atoms with E-state index in [-0.39, 0.29) is 11.5 Å². The summed E-state index contributed by atoms with van der Waals surface area (Å²) >= 11 is 0. The maximum atomic E-state index is 13.7. The van der Waals surface area contributed by atoms with E-state index < -0.39 is 5.82 Å². The molecule has 0 radical (unpaired) electrons. The molecule has 0 aromatic heterocycles. The summed E-state index contributed by atoms with van der Waals surface area (Å²) in [5.74, 6) is -0.856. The van der Waals surface area contributed by atoms with Crippen molar-refractivity contribution < 1.29 is 9.18 Å². The van der Waals surface area contributed by atoms with E-state index in [1.807, 2.05) is 37.3 Å². The summed E-state index contributed by atoms with van der Waals surface area (Å²) < 4.78 is 13.7. The van der Waals surface area contributed by atoms with Crippen molar-refractivity contribution in [1.82, 2.24) is 5.32 Å². The number of amides is 1. The van der Waals surface area contributed by atoms with Crippen molar-refractivity contribution >= 4 is 5.91 Å². The van der Waals surface area contributed by atoms with Crippen LogP contribution in [0, 0.1) is 5.82 Å². The van der Waals surface area contributed by atoms with E-state index in [0.717, 1.165) is 17.5 Å². The molecular formula is C16H16FNO. The van der Waals surface area contributed by atoms with Crippen molar-refractivity contribution in [2.75, 3.05) is 6.54 Å². The van der Waals surface area contributed by atoms with E-state index in [2.05, 4.69) is 5.32 Å². The molecule has 0 bridgehead atoms. The minimum absolute atomic E-state index is 0.0924. The molecule has 3 heteroatoms. The molecule has 0 aliphatic carbocycles. The lowest BCUT2D eigenvalue weighted by molar-refractivity contribution is 0.0949. The largest absolute Gasteiger partial charge is 0.352 e. The summed E-state index contributed by atoms with van der Waals surface area (Å²) in [5.41, 5.74) is 1.89. The highest BCUT2D eigenvalue weighted by atomic mass is 19.1. The van der Waals surface area contributed by atoms with Crippen LogP contribution in [0.25, 0.3) is 11.1 Å². The third-order valence-corrected chi connectivity index (χ3v) is 2.85. The number of halogens is 1. The molecule has 0 spiro atoms. The smallest absolute Gasteiger partial charge is 0.254 e. The van der Waals surface area contributed by atoms with Crippen molar-refractivity contribution in [2.24, 2.45) is 0 Å². The van der Waals surface area contributed by atoms with E-state index in [0.29, 0.717) is 6.54 Å². The minimum Gasteiger partial charge on any atom is -0.352 e. The predicted octanol–water partition coefficient (Wildman–Crippen LogP) is 3.63. The van der Waals surface area contributed by atoms with Gasteiger partial charge in [-0.1, -0.05) is 43.3 Å². The molecule has 2 rings (SSSR count). The zero-order valence-corrected chi connectivity index (χ0v) is 10.8.